The Morgan fingerprint density at radius 1 is 1.03 bits per heavy atom. The van der Waals surface area contributed by atoms with Gasteiger partial charge in [0.25, 0.3) is 0 Å². The van der Waals surface area contributed by atoms with Crippen molar-refractivity contribution < 1.29 is 18.0 Å². The Balaban J connectivity index is 1.33. The minimum Gasteiger partial charge on any atom is -0.336 e. The van der Waals surface area contributed by atoms with Gasteiger partial charge in [0.2, 0.25) is 15.9 Å². The van der Waals surface area contributed by atoms with Crippen LogP contribution in [0.4, 0.5) is 16.2 Å². The zero-order valence-electron chi connectivity index (χ0n) is 17.3. The number of anilines is 2. The molecule has 0 aromatic heterocycles. The van der Waals surface area contributed by atoms with Crippen molar-refractivity contribution in [3.05, 3.63) is 54.1 Å². The Bertz CT molecular complexity index is 1150. The molecule has 166 valence electrons. The Morgan fingerprint density at radius 3 is 2.25 bits per heavy atom. The molecule has 2 aliphatic rings. The van der Waals surface area contributed by atoms with Gasteiger partial charge in [-0.25, -0.2) is 13.2 Å². The smallest absolute Gasteiger partial charge is 0.321 e. The maximum atomic E-state index is 12.8. The van der Waals surface area contributed by atoms with Crippen molar-refractivity contribution in [2.24, 2.45) is 5.92 Å². The van der Waals surface area contributed by atoms with Gasteiger partial charge in [0.15, 0.2) is 0 Å². The highest BCUT2D eigenvalue weighted by molar-refractivity contribution is 7.89. The lowest BCUT2D eigenvalue weighted by Gasteiger charge is -2.30. The van der Waals surface area contributed by atoms with Crippen molar-refractivity contribution in [1.82, 2.24) is 9.62 Å². The fourth-order valence-corrected chi connectivity index (χ4v) is 5.37. The maximum Gasteiger partial charge on any atom is 0.321 e. The number of carbonyl (C=O) groups excluding carboxylic acids is 2. The summed E-state index contributed by atoms with van der Waals surface area (Å²) in [4.78, 5) is 26.2. The number of piperidine rings is 1. The van der Waals surface area contributed by atoms with Gasteiger partial charge in [-0.1, -0.05) is 0 Å². The largest absolute Gasteiger partial charge is 0.336 e. The van der Waals surface area contributed by atoms with Gasteiger partial charge in [-0.05, 0) is 61.4 Å². The molecule has 2 heterocycles. The fourth-order valence-electron chi connectivity index (χ4n) is 3.90. The number of hydrogen-bond donors (Lipinski definition) is 2. The van der Waals surface area contributed by atoms with Crippen molar-refractivity contribution >= 4 is 33.3 Å². The van der Waals surface area contributed by atoms with E-state index in [1.165, 1.54) is 28.6 Å². The molecule has 2 N–H and O–H groups in total. The molecule has 4 rings (SSSR count). The van der Waals surface area contributed by atoms with E-state index in [2.05, 4.69) is 10.6 Å². The number of sulfonamides is 1. The van der Waals surface area contributed by atoms with E-state index < -0.39 is 10.0 Å². The van der Waals surface area contributed by atoms with Crippen LogP contribution >= 0.6 is 0 Å². The number of nitrogens with one attached hydrogen (secondary N) is 2. The van der Waals surface area contributed by atoms with E-state index in [4.69, 9.17) is 5.26 Å². The molecule has 0 spiro atoms. The van der Waals surface area contributed by atoms with Crippen LogP contribution in [-0.2, 0) is 14.8 Å². The number of amides is 3. The summed E-state index contributed by atoms with van der Waals surface area (Å²) in [5.74, 6) is -0.432. The van der Waals surface area contributed by atoms with Crippen molar-refractivity contribution in [3.8, 4) is 6.07 Å². The van der Waals surface area contributed by atoms with E-state index in [0.29, 0.717) is 37.2 Å². The number of rotatable bonds is 5. The molecule has 2 saturated heterocycles. The van der Waals surface area contributed by atoms with Crippen LogP contribution in [0, 0.1) is 17.2 Å². The van der Waals surface area contributed by atoms with Gasteiger partial charge in [-0.15, -0.1) is 0 Å². The van der Waals surface area contributed by atoms with E-state index in [9.17, 15) is 18.0 Å². The molecule has 0 radical (unpaired) electrons. The predicted octanol–water partition coefficient (Wildman–Crippen LogP) is 2.13. The number of carbonyl (C=O) groups is 2. The number of hydrogen-bond acceptors (Lipinski definition) is 5. The standard InChI is InChI=1S/C22H23N5O4S/c23-15-16-1-7-20(8-2-16)32(30,31)26-12-9-17(10-13-26)21(28)25-18-3-5-19(6-4-18)27-14-11-24-22(27)29/h1-8,17H,9-14H2,(H,24,29)(H,25,28). The van der Waals surface area contributed by atoms with Crippen LogP contribution in [0.5, 0.6) is 0 Å². The summed E-state index contributed by atoms with van der Waals surface area (Å²) in [5.41, 5.74) is 1.79. The Labute approximate surface area is 186 Å². The molecule has 2 aromatic rings. The van der Waals surface area contributed by atoms with Crippen molar-refractivity contribution in [2.45, 2.75) is 17.7 Å². The summed E-state index contributed by atoms with van der Waals surface area (Å²) in [6.45, 7) is 1.72. The molecule has 10 heteroatoms. The highest BCUT2D eigenvalue weighted by Gasteiger charge is 2.32. The number of nitriles is 1. The summed E-state index contributed by atoms with van der Waals surface area (Å²) in [5, 5.41) is 14.5. The average molecular weight is 454 g/mol. The highest BCUT2D eigenvalue weighted by atomic mass is 32.2. The third-order valence-corrected chi connectivity index (χ3v) is 7.66. The minimum atomic E-state index is -3.66. The predicted molar refractivity (Wildman–Crippen MR) is 118 cm³/mol. The van der Waals surface area contributed by atoms with Crippen molar-refractivity contribution in [2.75, 3.05) is 36.4 Å². The van der Waals surface area contributed by atoms with Crippen LogP contribution in [-0.4, -0.2) is 50.8 Å². The second-order valence-corrected chi connectivity index (χ2v) is 9.67. The molecule has 2 aliphatic heterocycles. The van der Waals surface area contributed by atoms with Crippen LogP contribution in [0.2, 0.25) is 0 Å². The molecule has 0 bridgehead atoms. The molecule has 0 atom stereocenters. The third kappa shape index (κ3) is 4.44. The quantitative estimate of drug-likeness (QED) is 0.718. The zero-order chi connectivity index (χ0) is 22.7. The summed E-state index contributed by atoms with van der Waals surface area (Å²) in [6, 6.07) is 14.7. The normalized spacial score (nSPS) is 17.6. The van der Waals surface area contributed by atoms with Crippen LogP contribution in [0.1, 0.15) is 18.4 Å². The number of benzene rings is 2. The van der Waals surface area contributed by atoms with Gasteiger partial charge in [0, 0.05) is 43.5 Å². The molecule has 9 nitrogen and oxygen atoms in total. The first-order valence-electron chi connectivity index (χ1n) is 10.3. The van der Waals surface area contributed by atoms with E-state index in [-0.39, 0.29) is 35.8 Å². The third-order valence-electron chi connectivity index (χ3n) is 5.75. The van der Waals surface area contributed by atoms with E-state index in [1.54, 1.807) is 29.2 Å². The fraction of sp³-hybridized carbons (Fsp3) is 0.318. The van der Waals surface area contributed by atoms with Crippen molar-refractivity contribution in [3.63, 3.8) is 0 Å². The van der Waals surface area contributed by atoms with Crippen LogP contribution < -0.4 is 15.5 Å². The SMILES string of the molecule is N#Cc1ccc(S(=O)(=O)N2CCC(C(=O)Nc3ccc(N4CCNC4=O)cc3)CC2)cc1. The van der Waals surface area contributed by atoms with E-state index in [1.807, 2.05) is 6.07 Å². The van der Waals surface area contributed by atoms with Crippen molar-refractivity contribution in [1.29, 1.82) is 5.26 Å². The van der Waals surface area contributed by atoms with Gasteiger partial charge in [0.05, 0.1) is 16.5 Å². The molecule has 2 fully saturated rings. The second kappa shape index (κ2) is 8.98. The summed E-state index contributed by atoms with van der Waals surface area (Å²) < 4.78 is 27.0. The maximum absolute atomic E-state index is 12.8. The number of nitrogens with zero attached hydrogens (tertiary/aromatic N) is 3. The highest BCUT2D eigenvalue weighted by Crippen LogP contribution is 2.26. The summed E-state index contributed by atoms with van der Waals surface area (Å²) in [6.07, 6.45) is 0.848. The minimum absolute atomic E-state index is 0.135. The van der Waals surface area contributed by atoms with Gasteiger partial charge in [-0.2, -0.15) is 9.57 Å². The molecule has 0 aliphatic carbocycles. The molecular weight excluding hydrogens is 430 g/mol. The van der Waals surface area contributed by atoms with Crippen LogP contribution in [0.25, 0.3) is 0 Å². The first kappa shape index (κ1) is 21.8. The molecule has 3 amide bonds. The monoisotopic (exact) mass is 453 g/mol. The first-order chi connectivity index (χ1) is 15.4. The molecule has 0 saturated carbocycles. The Morgan fingerprint density at radius 2 is 1.69 bits per heavy atom. The lowest BCUT2D eigenvalue weighted by molar-refractivity contribution is -0.120. The first-order valence-corrected chi connectivity index (χ1v) is 11.8. The lowest BCUT2D eigenvalue weighted by atomic mass is 9.97. The molecule has 0 unspecified atom stereocenters. The average Bonchev–Trinajstić information content (AvgIpc) is 3.25. The Hall–Kier alpha value is -3.42. The molecule has 2 aromatic carbocycles. The van der Waals surface area contributed by atoms with Crippen LogP contribution in [0.15, 0.2) is 53.4 Å². The van der Waals surface area contributed by atoms with Gasteiger partial charge < -0.3 is 10.6 Å². The zero-order valence-corrected chi connectivity index (χ0v) is 18.1. The Kier molecular flexibility index (Phi) is 6.12. The van der Waals surface area contributed by atoms with Gasteiger partial charge in [-0.3, -0.25) is 9.69 Å². The molecular formula is C22H23N5O4S. The summed E-state index contributed by atoms with van der Waals surface area (Å²) >= 11 is 0. The second-order valence-electron chi connectivity index (χ2n) is 7.73. The van der Waals surface area contributed by atoms with E-state index >= 15 is 0 Å². The molecule has 32 heavy (non-hydrogen) atoms. The summed E-state index contributed by atoms with van der Waals surface area (Å²) in [7, 11) is -3.66. The van der Waals surface area contributed by atoms with Gasteiger partial charge >= 0.3 is 6.03 Å². The topological polar surface area (TPSA) is 123 Å². The van der Waals surface area contributed by atoms with E-state index in [0.717, 1.165) is 5.69 Å². The van der Waals surface area contributed by atoms with Crippen LogP contribution in [0.3, 0.4) is 0 Å². The van der Waals surface area contributed by atoms with Gasteiger partial charge in [0.1, 0.15) is 0 Å². The number of urea groups is 1. The lowest BCUT2D eigenvalue weighted by Crippen LogP contribution is -2.41.